The van der Waals surface area contributed by atoms with Gasteiger partial charge < -0.3 is 4.74 Å². The number of rotatable bonds is 1. The normalized spacial score (nSPS) is 54.6. The molecule has 0 amide bonds. The summed E-state index contributed by atoms with van der Waals surface area (Å²) in [7, 11) is 0. The van der Waals surface area contributed by atoms with Crippen molar-refractivity contribution in [1.82, 2.24) is 0 Å². The van der Waals surface area contributed by atoms with Gasteiger partial charge in [-0.3, -0.25) is 9.59 Å². The van der Waals surface area contributed by atoms with Gasteiger partial charge in [-0.15, -0.1) is 0 Å². The van der Waals surface area contributed by atoms with Gasteiger partial charge in [0.1, 0.15) is 6.10 Å². The molecule has 5 rings (SSSR count). The lowest BCUT2D eigenvalue weighted by molar-refractivity contribution is -0.192. The van der Waals surface area contributed by atoms with Gasteiger partial charge in [0, 0.05) is 12.8 Å². The van der Waals surface area contributed by atoms with E-state index in [1.165, 1.54) is 38.2 Å². The molecule has 0 spiro atoms. The number of hydrogen-bond acceptors (Lipinski definition) is 3. The summed E-state index contributed by atoms with van der Waals surface area (Å²) in [6.45, 7) is 18.7. The second-order valence-electron chi connectivity index (χ2n) is 14.4. The Labute approximate surface area is 207 Å². The minimum absolute atomic E-state index is 0.000257. The highest BCUT2D eigenvalue weighted by Crippen LogP contribution is 2.74. The van der Waals surface area contributed by atoms with Crippen LogP contribution in [-0.4, -0.2) is 17.9 Å². The molecule has 0 bridgehead atoms. The zero-order valence-electron chi connectivity index (χ0n) is 23.0. The highest BCUT2D eigenvalue weighted by Gasteiger charge is 2.69. The van der Waals surface area contributed by atoms with Crippen molar-refractivity contribution in [2.45, 2.75) is 113 Å². The van der Waals surface area contributed by atoms with E-state index in [1.807, 2.05) is 0 Å². The fourth-order valence-corrected chi connectivity index (χ4v) is 10.7. The monoisotopic (exact) mass is 468 g/mol. The Balaban J connectivity index is 1.57. The van der Waals surface area contributed by atoms with Crippen LogP contribution in [0.5, 0.6) is 0 Å². The largest absolute Gasteiger partial charge is 0.462 e. The van der Waals surface area contributed by atoms with Crippen LogP contribution in [-0.2, 0) is 14.3 Å². The Morgan fingerprint density at radius 1 is 0.912 bits per heavy atom. The number of fused-ring (bicyclic) bond motifs is 7. The third kappa shape index (κ3) is 3.06. The molecule has 0 aliphatic heterocycles. The number of ketones is 1. The van der Waals surface area contributed by atoms with Crippen LogP contribution in [0.1, 0.15) is 107 Å². The molecule has 0 N–H and O–H groups in total. The number of allylic oxidation sites excluding steroid dienone is 2. The van der Waals surface area contributed by atoms with Crippen molar-refractivity contribution in [3.63, 3.8) is 0 Å². The average molecular weight is 469 g/mol. The van der Waals surface area contributed by atoms with Crippen molar-refractivity contribution in [1.29, 1.82) is 0 Å². The molecule has 0 heterocycles. The van der Waals surface area contributed by atoms with Gasteiger partial charge >= 0.3 is 5.97 Å². The maximum atomic E-state index is 14.3. The molecule has 3 unspecified atom stereocenters. The van der Waals surface area contributed by atoms with E-state index in [0.717, 1.165) is 31.6 Å². The van der Waals surface area contributed by atoms with Gasteiger partial charge in [-0.1, -0.05) is 54.0 Å². The van der Waals surface area contributed by atoms with E-state index in [4.69, 9.17) is 4.74 Å². The van der Waals surface area contributed by atoms with Crippen molar-refractivity contribution in [3.05, 3.63) is 11.6 Å². The quantitative estimate of drug-likeness (QED) is 0.377. The third-order valence-electron chi connectivity index (χ3n) is 13.0. The number of hydrogen-bond donors (Lipinski definition) is 0. The minimum atomic E-state index is -0.170. The van der Waals surface area contributed by atoms with Crippen LogP contribution in [0.3, 0.4) is 0 Å². The van der Waals surface area contributed by atoms with Crippen LogP contribution in [0.4, 0.5) is 0 Å². The molecule has 190 valence electrons. The van der Waals surface area contributed by atoms with Crippen molar-refractivity contribution >= 4 is 11.8 Å². The predicted octanol–water partition coefficient (Wildman–Crippen LogP) is 7.38. The summed E-state index contributed by atoms with van der Waals surface area (Å²) in [4.78, 5) is 26.0. The zero-order valence-corrected chi connectivity index (χ0v) is 23.0. The SMILES string of the molecule is CC(=O)OC1CC[C@@]2(C)C(CC[C@]3(C)[C@@H]2C(=O)C=C2[C@@H]4[C@@H](C)[C@H](C)CC[C@]4(C)CC[C@]23C)C1C. The lowest BCUT2D eigenvalue weighted by Crippen LogP contribution is -2.65. The van der Waals surface area contributed by atoms with E-state index in [-0.39, 0.29) is 34.2 Å². The molecule has 0 aromatic heterocycles. The summed E-state index contributed by atoms with van der Waals surface area (Å²) in [5.74, 6) is 2.98. The second-order valence-corrected chi connectivity index (χ2v) is 14.4. The molecule has 4 saturated carbocycles. The van der Waals surface area contributed by atoms with Crippen molar-refractivity contribution < 1.29 is 14.3 Å². The molecule has 0 aromatic rings. The predicted molar refractivity (Wildman–Crippen MR) is 136 cm³/mol. The second kappa shape index (κ2) is 7.69. The smallest absolute Gasteiger partial charge is 0.302 e. The summed E-state index contributed by atoms with van der Waals surface area (Å²) >= 11 is 0. The summed E-state index contributed by atoms with van der Waals surface area (Å²) < 4.78 is 5.75. The molecule has 5 aliphatic carbocycles. The van der Waals surface area contributed by atoms with Gasteiger partial charge in [0.05, 0.1) is 0 Å². The zero-order chi connectivity index (χ0) is 24.8. The van der Waals surface area contributed by atoms with E-state index < -0.39 is 0 Å². The maximum absolute atomic E-state index is 14.3. The molecule has 0 aromatic carbocycles. The molecule has 3 nitrogen and oxygen atoms in total. The molecule has 3 heteroatoms. The van der Waals surface area contributed by atoms with Gasteiger partial charge in [0.2, 0.25) is 0 Å². The van der Waals surface area contributed by atoms with Crippen molar-refractivity contribution in [2.24, 2.45) is 57.2 Å². The van der Waals surface area contributed by atoms with Crippen molar-refractivity contribution in [2.75, 3.05) is 0 Å². The molecule has 5 aliphatic rings. The van der Waals surface area contributed by atoms with Gasteiger partial charge in [-0.25, -0.2) is 0 Å². The molecule has 4 fully saturated rings. The topological polar surface area (TPSA) is 43.4 Å². The Bertz CT molecular complexity index is 920. The summed E-state index contributed by atoms with van der Waals surface area (Å²) in [6, 6.07) is 0. The first-order valence-corrected chi connectivity index (χ1v) is 14.2. The number of esters is 1. The van der Waals surface area contributed by atoms with Crippen LogP contribution in [0, 0.1) is 57.2 Å². The van der Waals surface area contributed by atoms with E-state index in [0.29, 0.717) is 34.9 Å². The fraction of sp³-hybridized carbons (Fsp3) is 0.871. The lowest BCUT2D eigenvalue weighted by atomic mass is 9.34. The lowest BCUT2D eigenvalue weighted by Gasteiger charge is -2.69. The molecule has 0 saturated heterocycles. The van der Waals surface area contributed by atoms with Gasteiger partial charge in [0.15, 0.2) is 5.78 Å². The maximum Gasteiger partial charge on any atom is 0.302 e. The van der Waals surface area contributed by atoms with Gasteiger partial charge in [-0.05, 0) is 109 Å². The Hall–Kier alpha value is -1.12. The van der Waals surface area contributed by atoms with E-state index in [1.54, 1.807) is 0 Å². The molecule has 11 atom stereocenters. The van der Waals surface area contributed by atoms with Crippen molar-refractivity contribution in [3.8, 4) is 0 Å². The third-order valence-corrected chi connectivity index (χ3v) is 13.0. The standard InChI is InChI=1S/C31H48O3/c1-18-9-12-28(5)15-16-30(7)23(26(28)19(18)2)17-24(33)27-29(6)13-11-25(34-21(4)32)20(3)22(29)10-14-31(27,30)8/h17-20,22,25-27H,9-16H2,1-8H3/t18-,19+,20?,22?,25?,26+,27-,28-,29+,30-,31-/m1/s1. The number of carbonyl (C=O) groups excluding carboxylic acids is 2. The molecular formula is C31H48O3. The van der Waals surface area contributed by atoms with Gasteiger partial charge in [0.25, 0.3) is 0 Å². The molecule has 34 heavy (non-hydrogen) atoms. The fourth-order valence-electron chi connectivity index (χ4n) is 10.7. The van der Waals surface area contributed by atoms with E-state index in [2.05, 4.69) is 54.5 Å². The van der Waals surface area contributed by atoms with E-state index in [9.17, 15) is 9.59 Å². The van der Waals surface area contributed by atoms with Crippen LogP contribution >= 0.6 is 0 Å². The molecule has 0 radical (unpaired) electrons. The Morgan fingerprint density at radius 3 is 2.29 bits per heavy atom. The van der Waals surface area contributed by atoms with Crippen LogP contribution in [0.2, 0.25) is 0 Å². The van der Waals surface area contributed by atoms with Gasteiger partial charge in [-0.2, -0.15) is 0 Å². The highest BCUT2D eigenvalue weighted by molar-refractivity contribution is 5.95. The Kier molecular flexibility index (Phi) is 5.56. The first-order valence-electron chi connectivity index (χ1n) is 14.2. The summed E-state index contributed by atoms with van der Waals surface area (Å²) in [5, 5.41) is 0. The Morgan fingerprint density at radius 2 is 1.62 bits per heavy atom. The first kappa shape index (κ1) is 24.6. The number of carbonyl (C=O) groups is 2. The summed E-state index contributed by atoms with van der Waals surface area (Å²) in [6.07, 6.45) is 11.5. The van der Waals surface area contributed by atoms with Crippen LogP contribution < -0.4 is 0 Å². The number of ether oxygens (including phenoxy) is 1. The van der Waals surface area contributed by atoms with E-state index >= 15 is 0 Å². The molecular weight excluding hydrogens is 420 g/mol. The van der Waals surface area contributed by atoms with Crippen LogP contribution in [0.25, 0.3) is 0 Å². The highest BCUT2D eigenvalue weighted by atomic mass is 16.5. The average Bonchev–Trinajstić information content (AvgIpc) is 2.74. The summed E-state index contributed by atoms with van der Waals surface area (Å²) in [5.41, 5.74) is 1.96. The van der Waals surface area contributed by atoms with Crippen LogP contribution in [0.15, 0.2) is 11.6 Å². The first-order chi connectivity index (χ1) is 15.8. The minimum Gasteiger partial charge on any atom is -0.462 e.